The summed E-state index contributed by atoms with van der Waals surface area (Å²) >= 11 is 0. The molecular formula is C21H27N3O. The van der Waals surface area contributed by atoms with Crippen molar-refractivity contribution >= 4 is 0 Å². The van der Waals surface area contributed by atoms with E-state index < -0.39 is 0 Å². The van der Waals surface area contributed by atoms with Crippen LogP contribution in [0.1, 0.15) is 17.5 Å². The first kappa shape index (κ1) is 16.6. The number of ether oxygens (including phenoxy) is 1. The fourth-order valence-corrected chi connectivity index (χ4v) is 3.96. The predicted molar refractivity (Wildman–Crippen MR) is 99.7 cm³/mol. The summed E-state index contributed by atoms with van der Waals surface area (Å²) in [5.41, 5.74) is 2.69. The van der Waals surface area contributed by atoms with Gasteiger partial charge in [-0.3, -0.25) is 9.88 Å². The van der Waals surface area contributed by atoms with Gasteiger partial charge in [0.2, 0.25) is 0 Å². The van der Waals surface area contributed by atoms with Crippen LogP contribution in [0.4, 0.5) is 0 Å². The largest absolute Gasteiger partial charge is 0.493 e. The first-order valence-corrected chi connectivity index (χ1v) is 9.41. The van der Waals surface area contributed by atoms with Gasteiger partial charge in [0.25, 0.3) is 0 Å². The monoisotopic (exact) mass is 337 g/mol. The number of benzene rings is 1. The number of aromatic nitrogens is 1. The molecule has 1 aromatic heterocycles. The van der Waals surface area contributed by atoms with Gasteiger partial charge in [0.05, 0.1) is 6.61 Å². The van der Waals surface area contributed by atoms with Gasteiger partial charge in [0.1, 0.15) is 5.75 Å². The number of rotatable bonds is 4. The summed E-state index contributed by atoms with van der Waals surface area (Å²) in [6.45, 7) is 7.69. The van der Waals surface area contributed by atoms with Crippen molar-refractivity contribution in [2.75, 3.05) is 39.3 Å². The Kier molecular flexibility index (Phi) is 5.28. The van der Waals surface area contributed by atoms with Crippen LogP contribution in [0.25, 0.3) is 0 Å². The van der Waals surface area contributed by atoms with Crippen LogP contribution in [0.15, 0.2) is 48.8 Å². The Bertz CT molecular complexity index is 668. The number of pyridine rings is 1. The topological polar surface area (TPSA) is 28.6 Å². The maximum atomic E-state index is 5.92. The Morgan fingerprint density at radius 1 is 1.00 bits per heavy atom. The van der Waals surface area contributed by atoms with Gasteiger partial charge in [-0.05, 0) is 42.0 Å². The summed E-state index contributed by atoms with van der Waals surface area (Å²) in [7, 11) is 0. The van der Waals surface area contributed by atoms with Crippen LogP contribution in [0.5, 0.6) is 5.75 Å². The Hall–Kier alpha value is -1.91. The average Bonchev–Trinajstić information content (AvgIpc) is 2.86. The van der Waals surface area contributed by atoms with Crippen LogP contribution in [0, 0.1) is 5.92 Å². The molecule has 4 rings (SSSR count). The molecule has 1 fully saturated rings. The van der Waals surface area contributed by atoms with Gasteiger partial charge in [0.15, 0.2) is 0 Å². The lowest BCUT2D eigenvalue weighted by Crippen LogP contribution is -2.47. The second-order valence-corrected chi connectivity index (χ2v) is 7.25. The maximum Gasteiger partial charge on any atom is 0.122 e. The molecule has 1 atom stereocenters. The molecule has 2 aromatic rings. The van der Waals surface area contributed by atoms with Crippen LogP contribution in [0.2, 0.25) is 0 Å². The molecule has 25 heavy (non-hydrogen) atoms. The normalized spacial score (nSPS) is 22.0. The summed E-state index contributed by atoms with van der Waals surface area (Å²) in [5, 5.41) is 0. The maximum absolute atomic E-state index is 5.92. The fraction of sp³-hybridized carbons (Fsp3) is 0.476. The number of hydrogen-bond donors (Lipinski definition) is 0. The van der Waals surface area contributed by atoms with Gasteiger partial charge in [0, 0.05) is 51.7 Å². The molecule has 1 aromatic carbocycles. The third kappa shape index (κ3) is 4.39. The van der Waals surface area contributed by atoms with Gasteiger partial charge in [-0.25, -0.2) is 0 Å². The van der Waals surface area contributed by atoms with Gasteiger partial charge < -0.3 is 9.64 Å². The minimum atomic E-state index is 0.702. The summed E-state index contributed by atoms with van der Waals surface area (Å²) < 4.78 is 5.92. The third-order valence-electron chi connectivity index (χ3n) is 5.38. The van der Waals surface area contributed by atoms with E-state index in [4.69, 9.17) is 4.74 Å². The van der Waals surface area contributed by atoms with Crippen molar-refractivity contribution in [2.45, 2.75) is 19.4 Å². The van der Waals surface area contributed by atoms with Gasteiger partial charge in [-0.1, -0.05) is 24.3 Å². The molecule has 0 amide bonds. The molecule has 2 aliphatic rings. The van der Waals surface area contributed by atoms with Crippen LogP contribution < -0.4 is 4.74 Å². The van der Waals surface area contributed by atoms with Crippen molar-refractivity contribution < 1.29 is 4.74 Å². The Morgan fingerprint density at radius 3 is 2.68 bits per heavy atom. The van der Waals surface area contributed by atoms with Crippen molar-refractivity contribution in [3.8, 4) is 5.75 Å². The van der Waals surface area contributed by atoms with E-state index in [1.807, 2.05) is 18.5 Å². The number of para-hydroxylation sites is 1. The van der Waals surface area contributed by atoms with E-state index in [-0.39, 0.29) is 0 Å². The average molecular weight is 337 g/mol. The minimum Gasteiger partial charge on any atom is -0.493 e. The second-order valence-electron chi connectivity index (χ2n) is 7.25. The van der Waals surface area contributed by atoms with Gasteiger partial charge in [-0.15, -0.1) is 0 Å². The minimum absolute atomic E-state index is 0.702. The van der Waals surface area contributed by atoms with E-state index in [2.05, 4.69) is 45.1 Å². The van der Waals surface area contributed by atoms with E-state index in [0.717, 1.165) is 44.8 Å². The van der Waals surface area contributed by atoms with Crippen molar-refractivity contribution in [2.24, 2.45) is 5.92 Å². The molecule has 3 heterocycles. The molecule has 0 radical (unpaired) electrons. The van der Waals surface area contributed by atoms with E-state index in [0.29, 0.717) is 5.92 Å². The molecule has 4 heteroatoms. The molecule has 0 bridgehead atoms. The molecule has 4 nitrogen and oxygen atoms in total. The van der Waals surface area contributed by atoms with Crippen molar-refractivity contribution in [1.82, 2.24) is 14.8 Å². The van der Waals surface area contributed by atoms with Crippen LogP contribution in [-0.4, -0.2) is 54.1 Å². The highest BCUT2D eigenvalue weighted by atomic mass is 16.5. The molecule has 0 aliphatic carbocycles. The first-order valence-electron chi connectivity index (χ1n) is 9.41. The lowest BCUT2D eigenvalue weighted by molar-refractivity contribution is 0.109. The van der Waals surface area contributed by atoms with Crippen LogP contribution >= 0.6 is 0 Å². The quantitative estimate of drug-likeness (QED) is 0.858. The van der Waals surface area contributed by atoms with Crippen LogP contribution in [-0.2, 0) is 13.0 Å². The lowest BCUT2D eigenvalue weighted by Gasteiger charge is -2.36. The van der Waals surface area contributed by atoms with Crippen molar-refractivity contribution in [1.29, 1.82) is 0 Å². The zero-order chi connectivity index (χ0) is 16.9. The standard InChI is InChI=1S/C21H27N3O/c1-2-6-21-20(5-1)14-18(7-13-25-21)16-23-9-11-24(12-10-23)17-19-4-3-8-22-15-19/h1-6,8,15,18H,7,9-14,16-17H2. The fourth-order valence-electron chi connectivity index (χ4n) is 3.96. The molecular weight excluding hydrogens is 310 g/mol. The van der Waals surface area contributed by atoms with Crippen molar-refractivity contribution in [3.63, 3.8) is 0 Å². The Balaban J connectivity index is 1.27. The summed E-state index contributed by atoms with van der Waals surface area (Å²) in [5.74, 6) is 1.79. The SMILES string of the molecule is c1cncc(CN2CCN(CC3CCOc4ccccc4C3)CC2)c1. The van der Waals surface area contributed by atoms with Gasteiger partial charge >= 0.3 is 0 Å². The summed E-state index contributed by atoms with van der Waals surface area (Å²) in [4.78, 5) is 9.40. The van der Waals surface area contributed by atoms with E-state index >= 15 is 0 Å². The second kappa shape index (κ2) is 7.98. The summed E-state index contributed by atoms with van der Waals surface area (Å²) in [6, 6.07) is 12.7. The molecule has 1 saturated heterocycles. The number of nitrogens with zero attached hydrogens (tertiary/aromatic N) is 3. The molecule has 132 valence electrons. The zero-order valence-electron chi connectivity index (χ0n) is 14.8. The molecule has 1 unspecified atom stereocenters. The van der Waals surface area contributed by atoms with E-state index in [1.165, 1.54) is 30.8 Å². The first-order chi connectivity index (χ1) is 12.4. The summed E-state index contributed by atoms with van der Waals surface area (Å²) in [6.07, 6.45) is 6.13. The Labute approximate surface area is 150 Å². The van der Waals surface area contributed by atoms with E-state index in [1.54, 1.807) is 0 Å². The smallest absolute Gasteiger partial charge is 0.122 e. The molecule has 2 aliphatic heterocycles. The molecule has 0 saturated carbocycles. The number of piperazine rings is 1. The molecule has 0 spiro atoms. The number of hydrogen-bond acceptors (Lipinski definition) is 4. The predicted octanol–water partition coefficient (Wildman–Crippen LogP) is 2.84. The highest BCUT2D eigenvalue weighted by Crippen LogP contribution is 2.27. The van der Waals surface area contributed by atoms with Crippen molar-refractivity contribution in [3.05, 3.63) is 59.9 Å². The lowest BCUT2D eigenvalue weighted by atomic mass is 9.96. The Morgan fingerprint density at radius 2 is 1.84 bits per heavy atom. The van der Waals surface area contributed by atoms with E-state index in [9.17, 15) is 0 Å². The van der Waals surface area contributed by atoms with Gasteiger partial charge in [-0.2, -0.15) is 0 Å². The number of fused-ring (bicyclic) bond motifs is 1. The van der Waals surface area contributed by atoms with Crippen LogP contribution in [0.3, 0.4) is 0 Å². The third-order valence-corrected chi connectivity index (χ3v) is 5.38. The highest BCUT2D eigenvalue weighted by molar-refractivity contribution is 5.34. The highest BCUT2D eigenvalue weighted by Gasteiger charge is 2.23. The zero-order valence-corrected chi connectivity index (χ0v) is 14.8. The molecule has 0 N–H and O–H groups in total.